The van der Waals surface area contributed by atoms with Crippen LogP contribution in [0.15, 0.2) is 36.7 Å². The number of nitrogens with zero attached hydrogens (tertiary/aromatic N) is 3. The molecule has 1 aliphatic rings. The average molecular weight is 337 g/mol. The molecule has 0 bridgehead atoms. The van der Waals surface area contributed by atoms with Crippen molar-refractivity contribution in [1.29, 1.82) is 0 Å². The lowest BCUT2D eigenvalue weighted by Crippen LogP contribution is -2.43. The average Bonchev–Trinajstić information content (AvgIpc) is 2.59. The third-order valence-corrected chi connectivity index (χ3v) is 3.69. The second-order valence-corrected chi connectivity index (χ2v) is 5.32. The van der Waals surface area contributed by atoms with Gasteiger partial charge in [-0.25, -0.2) is 9.97 Å². The van der Waals surface area contributed by atoms with Gasteiger partial charge in [-0.3, -0.25) is 4.79 Å². The molecule has 0 saturated heterocycles. The Morgan fingerprint density at radius 1 is 1.29 bits per heavy atom. The molecule has 0 saturated carbocycles. The minimum Gasteiger partial charge on any atom is -0.486 e. The van der Waals surface area contributed by atoms with E-state index in [0.717, 1.165) is 12.4 Å². The molecular weight excluding hydrogens is 323 g/mol. The summed E-state index contributed by atoms with van der Waals surface area (Å²) in [4.78, 5) is 20.7. The van der Waals surface area contributed by atoms with Gasteiger partial charge in [0, 0.05) is 12.4 Å². The highest BCUT2D eigenvalue weighted by atomic mass is 19.4. The molecular formula is C16H14F3N3O2. The Bertz CT molecular complexity index is 747. The predicted octanol–water partition coefficient (Wildman–Crippen LogP) is 3.31. The lowest BCUT2D eigenvalue weighted by atomic mass is 10.1. The van der Waals surface area contributed by atoms with Gasteiger partial charge in [-0.2, -0.15) is 13.2 Å². The molecule has 24 heavy (non-hydrogen) atoms. The maximum atomic E-state index is 12.7. The number of halogens is 3. The van der Waals surface area contributed by atoms with E-state index >= 15 is 0 Å². The van der Waals surface area contributed by atoms with E-state index in [4.69, 9.17) is 4.74 Å². The Balaban J connectivity index is 1.92. The summed E-state index contributed by atoms with van der Waals surface area (Å²) in [6, 6.07) is 7.03. The van der Waals surface area contributed by atoms with Gasteiger partial charge in [-0.15, -0.1) is 0 Å². The number of ether oxygens (including phenoxy) is 1. The van der Waals surface area contributed by atoms with Crippen molar-refractivity contribution in [1.82, 2.24) is 9.97 Å². The second kappa shape index (κ2) is 6.10. The summed E-state index contributed by atoms with van der Waals surface area (Å²) in [6.07, 6.45) is -2.32. The number of fused-ring (bicyclic) bond motifs is 1. The molecule has 2 heterocycles. The Morgan fingerprint density at radius 2 is 1.96 bits per heavy atom. The topological polar surface area (TPSA) is 55.3 Å². The monoisotopic (exact) mass is 337 g/mol. The SMILES string of the molecule is CCC1CN(C(=O)c2cnc(C(F)(F)F)nc2)c2ccccc2O1. The van der Waals surface area contributed by atoms with Crippen LogP contribution in [0, 0.1) is 0 Å². The smallest absolute Gasteiger partial charge is 0.451 e. The zero-order valence-electron chi connectivity index (χ0n) is 12.7. The van der Waals surface area contributed by atoms with Crippen molar-refractivity contribution in [3.05, 3.63) is 48.0 Å². The molecule has 1 aromatic heterocycles. The van der Waals surface area contributed by atoms with Crippen molar-refractivity contribution < 1.29 is 22.7 Å². The van der Waals surface area contributed by atoms with Gasteiger partial charge in [0.1, 0.15) is 11.9 Å². The van der Waals surface area contributed by atoms with Crippen molar-refractivity contribution in [3.63, 3.8) is 0 Å². The molecule has 0 spiro atoms. The van der Waals surface area contributed by atoms with Crippen molar-refractivity contribution in [2.24, 2.45) is 0 Å². The van der Waals surface area contributed by atoms with Gasteiger partial charge in [0.25, 0.3) is 5.91 Å². The van der Waals surface area contributed by atoms with Gasteiger partial charge >= 0.3 is 6.18 Å². The Morgan fingerprint density at radius 3 is 2.58 bits per heavy atom. The number of anilines is 1. The number of amides is 1. The number of carbonyl (C=O) groups excluding carboxylic acids is 1. The van der Waals surface area contributed by atoms with Crippen LogP contribution >= 0.6 is 0 Å². The molecule has 0 fully saturated rings. The number of hydrogen-bond donors (Lipinski definition) is 0. The molecule has 8 heteroatoms. The first-order valence-corrected chi connectivity index (χ1v) is 7.37. The molecule has 0 N–H and O–H groups in total. The molecule has 1 aliphatic heterocycles. The van der Waals surface area contributed by atoms with Crippen LogP contribution in [0.5, 0.6) is 5.75 Å². The molecule has 1 atom stereocenters. The number of alkyl halides is 3. The minimum atomic E-state index is -4.64. The normalized spacial score (nSPS) is 17.2. The van der Waals surface area contributed by atoms with Gasteiger partial charge in [-0.1, -0.05) is 19.1 Å². The van der Waals surface area contributed by atoms with Crippen LogP contribution in [0.2, 0.25) is 0 Å². The predicted molar refractivity (Wildman–Crippen MR) is 79.9 cm³/mol. The highest BCUT2D eigenvalue weighted by Crippen LogP contribution is 2.34. The summed E-state index contributed by atoms with van der Waals surface area (Å²) >= 11 is 0. The van der Waals surface area contributed by atoms with Gasteiger partial charge in [0.2, 0.25) is 5.82 Å². The summed E-state index contributed by atoms with van der Waals surface area (Å²) in [6.45, 7) is 2.25. The molecule has 1 unspecified atom stereocenters. The van der Waals surface area contributed by atoms with Crippen molar-refractivity contribution in [3.8, 4) is 5.75 Å². The number of rotatable bonds is 2. The molecule has 3 rings (SSSR count). The first-order chi connectivity index (χ1) is 11.4. The summed E-state index contributed by atoms with van der Waals surface area (Å²) in [5, 5.41) is 0. The third kappa shape index (κ3) is 3.04. The number of hydrogen-bond acceptors (Lipinski definition) is 4. The summed E-state index contributed by atoms with van der Waals surface area (Å²) in [5.74, 6) is -1.16. The van der Waals surface area contributed by atoms with E-state index in [1.165, 1.54) is 4.90 Å². The lowest BCUT2D eigenvalue weighted by molar-refractivity contribution is -0.145. The van der Waals surface area contributed by atoms with E-state index in [-0.39, 0.29) is 11.7 Å². The molecule has 126 valence electrons. The van der Waals surface area contributed by atoms with Gasteiger partial charge in [-0.05, 0) is 18.6 Å². The summed E-state index contributed by atoms with van der Waals surface area (Å²) in [7, 11) is 0. The fraction of sp³-hybridized carbons (Fsp3) is 0.312. The van der Waals surface area contributed by atoms with Crippen LogP contribution in [0.1, 0.15) is 29.5 Å². The van der Waals surface area contributed by atoms with Crippen molar-refractivity contribution in [2.45, 2.75) is 25.6 Å². The molecule has 5 nitrogen and oxygen atoms in total. The van der Waals surface area contributed by atoms with E-state index in [2.05, 4.69) is 9.97 Å². The van der Waals surface area contributed by atoms with E-state index in [9.17, 15) is 18.0 Å². The summed E-state index contributed by atoms with van der Waals surface area (Å²) < 4.78 is 43.4. The third-order valence-electron chi connectivity index (χ3n) is 3.69. The van der Waals surface area contributed by atoms with Crippen LogP contribution in [-0.4, -0.2) is 28.5 Å². The lowest BCUT2D eigenvalue weighted by Gasteiger charge is -2.34. The van der Waals surface area contributed by atoms with E-state index < -0.39 is 17.9 Å². The fourth-order valence-corrected chi connectivity index (χ4v) is 2.44. The number of aromatic nitrogens is 2. The number of carbonyl (C=O) groups is 1. The first-order valence-electron chi connectivity index (χ1n) is 7.37. The van der Waals surface area contributed by atoms with Crippen molar-refractivity contribution >= 4 is 11.6 Å². The number of benzene rings is 1. The van der Waals surface area contributed by atoms with E-state index in [1.807, 2.05) is 6.92 Å². The molecule has 0 radical (unpaired) electrons. The molecule has 2 aromatic rings. The Hall–Kier alpha value is -2.64. The van der Waals surface area contributed by atoms with Crippen LogP contribution < -0.4 is 9.64 Å². The minimum absolute atomic E-state index is 0.00504. The second-order valence-electron chi connectivity index (χ2n) is 5.32. The Kier molecular flexibility index (Phi) is 4.13. The largest absolute Gasteiger partial charge is 0.486 e. The van der Waals surface area contributed by atoms with Crippen LogP contribution in [0.4, 0.5) is 18.9 Å². The van der Waals surface area contributed by atoms with E-state index in [0.29, 0.717) is 24.4 Å². The van der Waals surface area contributed by atoms with Gasteiger partial charge in [0.15, 0.2) is 0 Å². The highest BCUT2D eigenvalue weighted by Gasteiger charge is 2.35. The Labute approximate surface area is 136 Å². The zero-order valence-corrected chi connectivity index (χ0v) is 12.7. The molecule has 1 amide bonds. The standard InChI is InChI=1S/C16H14F3N3O2/c1-2-11-9-22(12-5-3-4-6-13(12)24-11)14(23)10-7-20-15(21-8-10)16(17,18)19/h3-8,11H,2,9H2,1H3. The van der Waals surface area contributed by atoms with E-state index in [1.54, 1.807) is 24.3 Å². The van der Waals surface area contributed by atoms with Gasteiger partial charge < -0.3 is 9.64 Å². The molecule has 1 aromatic carbocycles. The maximum Gasteiger partial charge on any atom is 0.451 e. The number of para-hydroxylation sites is 2. The first kappa shape index (κ1) is 16.2. The zero-order chi connectivity index (χ0) is 17.3. The van der Waals surface area contributed by atoms with Crippen LogP contribution in [0.25, 0.3) is 0 Å². The van der Waals surface area contributed by atoms with Crippen molar-refractivity contribution in [2.75, 3.05) is 11.4 Å². The quantitative estimate of drug-likeness (QED) is 0.844. The summed E-state index contributed by atoms with van der Waals surface area (Å²) in [5.41, 5.74) is 0.571. The fourth-order valence-electron chi connectivity index (χ4n) is 2.44. The highest BCUT2D eigenvalue weighted by molar-refractivity contribution is 6.06. The maximum absolute atomic E-state index is 12.7. The van der Waals surface area contributed by atoms with Gasteiger partial charge in [0.05, 0.1) is 17.8 Å². The van der Waals surface area contributed by atoms with Crippen LogP contribution in [0.3, 0.4) is 0 Å². The molecule has 0 aliphatic carbocycles. The van der Waals surface area contributed by atoms with Crippen LogP contribution in [-0.2, 0) is 6.18 Å².